The van der Waals surface area contributed by atoms with Crippen LogP contribution in [0.15, 0.2) is 71.7 Å². The molecular weight excluding hydrogens is 300 g/mol. The number of halogens is 1. The molecule has 0 bridgehead atoms. The standard InChI is InChI=1S/C16H11BrN2/c17-15-7-1-6-14(12-4-2-8-18-10-12)16(15)13-5-3-9-19-11-13/h1-11H. The molecule has 3 aromatic rings. The maximum Gasteiger partial charge on any atom is 0.0346 e. The molecule has 0 unspecified atom stereocenters. The lowest BCUT2D eigenvalue weighted by atomic mass is 9.96. The summed E-state index contributed by atoms with van der Waals surface area (Å²) in [6, 6.07) is 14.2. The Bertz CT molecular complexity index is 682. The van der Waals surface area contributed by atoms with Crippen LogP contribution in [0.2, 0.25) is 0 Å². The number of aromatic nitrogens is 2. The molecule has 0 fully saturated rings. The second-order valence-electron chi connectivity index (χ2n) is 4.15. The van der Waals surface area contributed by atoms with Crippen LogP contribution in [0.3, 0.4) is 0 Å². The van der Waals surface area contributed by atoms with Crippen LogP contribution in [0, 0.1) is 0 Å². The zero-order valence-electron chi connectivity index (χ0n) is 10.1. The van der Waals surface area contributed by atoms with E-state index in [0.717, 1.165) is 26.7 Å². The average Bonchev–Trinajstić information content (AvgIpc) is 2.49. The van der Waals surface area contributed by atoms with Gasteiger partial charge in [-0.2, -0.15) is 0 Å². The van der Waals surface area contributed by atoms with E-state index in [1.165, 1.54) is 0 Å². The van der Waals surface area contributed by atoms with Crippen LogP contribution in [-0.4, -0.2) is 9.97 Å². The smallest absolute Gasteiger partial charge is 0.0346 e. The Morgan fingerprint density at radius 1 is 0.737 bits per heavy atom. The third kappa shape index (κ3) is 2.42. The van der Waals surface area contributed by atoms with Gasteiger partial charge in [-0.25, -0.2) is 0 Å². The number of benzene rings is 1. The Hall–Kier alpha value is -2.00. The van der Waals surface area contributed by atoms with Gasteiger partial charge < -0.3 is 0 Å². The molecule has 2 heterocycles. The molecule has 2 aromatic heterocycles. The van der Waals surface area contributed by atoms with Crippen molar-refractivity contribution < 1.29 is 0 Å². The molecule has 0 amide bonds. The minimum atomic E-state index is 1.06. The third-order valence-electron chi connectivity index (χ3n) is 2.94. The third-order valence-corrected chi connectivity index (χ3v) is 3.60. The van der Waals surface area contributed by atoms with Crippen molar-refractivity contribution in [1.82, 2.24) is 9.97 Å². The Morgan fingerprint density at radius 2 is 1.42 bits per heavy atom. The summed E-state index contributed by atoms with van der Waals surface area (Å²) < 4.78 is 1.06. The van der Waals surface area contributed by atoms with Crippen LogP contribution < -0.4 is 0 Å². The highest BCUT2D eigenvalue weighted by molar-refractivity contribution is 9.10. The number of pyridine rings is 2. The fourth-order valence-electron chi connectivity index (χ4n) is 2.09. The second-order valence-corrected chi connectivity index (χ2v) is 5.00. The Balaban J connectivity index is 2.25. The molecule has 0 aliphatic heterocycles. The zero-order valence-corrected chi connectivity index (χ0v) is 11.7. The van der Waals surface area contributed by atoms with Crippen LogP contribution in [0.1, 0.15) is 0 Å². The highest BCUT2D eigenvalue weighted by Crippen LogP contribution is 2.36. The summed E-state index contributed by atoms with van der Waals surface area (Å²) in [6.07, 6.45) is 7.32. The van der Waals surface area contributed by atoms with Crippen LogP contribution in [-0.2, 0) is 0 Å². The lowest BCUT2D eigenvalue weighted by Gasteiger charge is -2.11. The van der Waals surface area contributed by atoms with E-state index in [4.69, 9.17) is 0 Å². The number of hydrogen-bond donors (Lipinski definition) is 0. The molecule has 0 saturated heterocycles. The van der Waals surface area contributed by atoms with Gasteiger partial charge in [-0.1, -0.05) is 40.2 Å². The fraction of sp³-hybridized carbons (Fsp3) is 0. The first-order chi connectivity index (χ1) is 9.36. The molecular formula is C16H11BrN2. The number of nitrogens with zero attached hydrogens (tertiary/aromatic N) is 2. The van der Waals surface area contributed by atoms with Crippen molar-refractivity contribution in [2.45, 2.75) is 0 Å². The lowest BCUT2D eigenvalue weighted by molar-refractivity contribution is 1.32. The number of hydrogen-bond acceptors (Lipinski definition) is 2. The molecule has 92 valence electrons. The summed E-state index contributed by atoms with van der Waals surface area (Å²) in [4.78, 5) is 8.40. The van der Waals surface area contributed by atoms with Crippen molar-refractivity contribution in [3.05, 3.63) is 71.7 Å². The van der Waals surface area contributed by atoms with Crippen LogP contribution in [0.5, 0.6) is 0 Å². The first-order valence-corrected chi connectivity index (χ1v) is 6.75. The molecule has 0 aliphatic rings. The fourth-order valence-corrected chi connectivity index (χ4v) is 2.69. The highest BCUT2D eigenvalue weighted by atomic mass is 79.9. The van der Waals surface area contributed by atoms with E-state index in [9.17, 15) is 0 Å². The summed E-state index contributed by atoms with van der Waals surface area (Å²) in [7, 11) is 0. The zero-order chi connectivity index (χ0) is 13.1. The van der Waals surface area contributed by atoms with E-state index in [-0.39, 0.29) is 0 Å². The molecule has 1 aromatic carbocycles. The van der Waals surface area contributed by atoms with Gasteiger partial charge in [0, 0.05) is 46.0 Å². The SMILES string of the molecule is Brc1cccc(-c2cccnc2)c1-c1cccnc1. The first kappa shape index (κ1) is 12.1. The molecule has 0 atom stereocenters. The molecule has 0 saturated carbocycles. The molecule has 0 radical (unpaired) electrons. The average molecular weight is 311 g/mol. The van der Waals surface area contributed by atoms with Crippen molar-refractivity contribution in [3.63, 3.8) is 0 Å². The number of rotatable bonds is 2. The van der Waals surface area contributed by atoms with Gasteiger partial charge in [-0.15, -0.1) is 0 Å². The van der Waals surface area contributed by atoms with Crippen molar-refractivity contribution in [3.8, 4) is 22.3 Å². The van der Waals surface area contributed by atoms with Gasteiger partial charge in [0.15, 0.2) is 0 Å². The van der Waals surface area contributed by atoms with Crippen molar-refractivity contribution in [1.29, 1.82) is 0 Å². The molecule has 3 rings (SSSR count). The largest absolute Gasteiger partial charge is 0.264 e. The van der Waals surface area contributed by atoms with Gasteiger partial charge in [0.1, 0.15) is 0 Å². The maximum atomic E-state index is 4.20. The lowest BCUT2D eigenvalue weighted by Crippen LogP contribution is -1.88. The monoisotopic (exact) mass is 310 g/mol. The van der Waals surface area contributed by atoms with Gasteiger partial charge in [0.2, 0.25) is 0 Å². The van der Waals surface area contributed by atoms with Crippen LogP contribution >= 0.6 is 15.9 Å². The minimum absolute atomic E-state index is 1.06. The maximum absolute atomic E-state index is 4.20. The molecule has 3 heteroatoms. The summed E-state index contributed by atoms with van der Waals surface area (Å²) in [5.41, 5.74) is 4.48. The van der Waals surface area contributed by atoms with Crippen molar-refractivity contribution >= 4 is 15.9 Å². The molecule has 19 heavy (non-hydrogen) atoms. The molecule has 0 N–H and O–H groups in total. The van der Waals surface area contributed by atoms with E-state index < -0.39 is 0 Å². The first-order valence-electron chi connectivity index (χ1n) is 5.95. The molecule has 0 spiro atoms. The molecule has 0 aliphatic carbocycles. The summed E-state index contributed by atoms with van der Waals surface area (Å²) in [5, 5.41) is 0. The van der Waals surface area contributed by atoms with Gasteiger partial charge in [-0.3, -0.25) is 9.97 Å². The van der Waals surface area contributed by atoms with Crippen LogP contribution in [0.25, 0.3) is 22.3 Å². The topological polar surface area (TPSA) is 25.8 Å². The normalized spacial score (nSPS) is 10.4. The predicted octanol–water partition coefficient (Wildman–Crippen LogP) is 4.57. The Kier molecular flexibility index (Phi) is 3.38. The molecule has 2 nitrogen and oxygen atoms in total. The van der Waals surface area contributed by atoms with E-state index >= 15 is 0 Å². The van der Waals surface area contributed by atoms with E-state index in [1.807, 2.05) is 36.7 Å². The van der Waals surface area contributed by atoms with E-state index in [2.05, 4.69) is 44.1 Å². The van der Waals surface area contributed by atoms with E-state index in [0.29, 0.717) is 0 Å². The van der Waals surface area contributed by atoms with Crippen molar-refractivity contribution in [2.75, 3.05) is 0 Å². The van der Waals surface area contributed by atoms with Crippen LogP contribution in [0.4, 0.5) is 0 Å². The Labute approximate surface area is 120 Å². The van der Waals surface area contributed by atoms with Gasteiger partial charge in [-0.05, 0) is 23.8 Å². The minimum Gasteiger partial charge on any atom is -0.264 e. The van der Waals surface area contributed by atoms with Gasteiger partial charge in [0.25, 0.3) is 0 Å². The predicted molar refractivity (Wildman–Crippen MR) is 80.6 cm³/mol. The highest BCUT2D eigenvalue weighted by Gasteiger charge is 2.10. The summed E-state index contributed by atoms with van der Waals surface area (Å²) in [5.74, 6) is 0. The second kappa shape index (κ2) is 5.33. The quantitative estimate of drug-likeness (QED) is 0.692. The Morgan fingerprint density at radius 3 is 2.05 bits per heavy atom. The van der Waals surface area contributed by atoms with Gasteiger partial charge >= 0.3 is 0 Å². The van der Waals surface area contributed by atoms with Gasteiger partial charge in [0.05, 0.1) is 0 Å². The van der Waals surface area contributed by atoms with Crippen molar-refractivity contribution in [2.24, 2.45) is 0 Å². The summed E-state index contributed by atoms with van der Waals surface area (Å²) >= 11 is 3.63. The summed E-state index contributed by atoms with van der Waals surface area (Å²) in [6.45, 7) is 0. The van der Waals surface area contributed by atoms with E-state index in [1.54, 1.807) is 12.4 Å².